The highest BCUT2D eigenvalue weighted by atomic mass is 16.6. The van der Waals surface area contributed by atoms with Gasteiger partial charge in [-0.3, -0.25) is 19.7 Å². The molecule has 4 rings (SSSR count). The number of piperidine rings is 1. The molecule has 196 valence electrons. The highest BCUT2D eigenvalue weighted by molar-refractivity contribution is 6.39. The van der Waals surface area contributed by atoms with E-state index in [0.29, 0.717) is 30.0 Å². The molecule has 0 radical (unpaired) electrons. The molecular formula is C27H33N5O5. The molecule has 3 N–H and O–H groups in total. The number of ether oxygens (including phenoxy) is 1. The number of carbonyl (C=O) groups is 4. The molecule has 0 aliphatic carbocycles. The van der Waals surface area contributed by atoms with Gasteiger partial charge in [0.1, 0.15) is 11.4 Å². The zero-order valence-electron chi connectivity index (χ0n) is 21.8. The molecule has 0 saturated carbocycles. The number of rotatable bonds is 3. The SMILES string of the molecule is Cc1cc(NC(=O)C(=O)N2C[C@@H](C)CC[C@@H]2c2ccc3c(c2)CC(=O)N3)cnc1NC(=O)OC(C)(C)C. The molecule has 10 nitrogen and oxygen atoms in total. The van der Waals surface area contributed by atoms with Crippen LogP contribution in [0.5, 0.6) is 0 Å². The monoisotopic (exact) mass is 507 g/mol. The van der Waals surface area contributed by atoms with E-state index in [0.717, 1.165) is 29.7 Å². The van der Waals surface area contributed by atoms with E-state index < -0.39 is 23.5 Å². The standard InChI is InChI=1S/C27H33N5O5/c1-15-6-9-21(17-7-8-20-18(11-17)12-22(33)30-20)32(14-15)25(35)24(34)29-19-10-16(2)23(28-13-19)31-26(36)37-27(3,4)5/h7-8,10-11,13,15,21H,6,9,12,14H2,1-5H3,(H,29,34)(H,30,33)(H,28,31,36)/t15-,21+/m0/s1. The van der Waals surface area contributed by atoms with Crippen LogP contribution in [0.2, 0.25) is 0 Å². The molecule has 37 heavy (non-hydrogen) atoms. The van der Waals surface area contributed by atoms with E-state index in [1.165, 1.54) is 6.20 Å². The van der Waals surface area contributed by atoms with Crippen LogP contribution in [0.25, 0.3) is 0 Å². The summed E-state index contributed by atoms with van der Waals surface area (Å²) in [4.78, 5) is 55.9. The summed E-state index contributed by atoms with van der Waals surface area (Å²) in [6, 6.07) is 7.10. The Kier molecular flexibility index (Phi) is 7.20. The molecule has 1 aromatic carbocycles. The lowest BCUT2D eigenvalue weighted by Gasteiger charge is -2.38. The van der Waals surface area contributed by atoms with Crippen molar-refractivity contribution in [3.63, 3.8) is 0 Å². The summed E-state index contributed by atoms with van der Waals surface area (Å²) in [5.41, 5.74) is 2.90. The highest BCUT2D eigenvalue weighted by Crippen LogP contribution is 2.36. The Morgan fingerprint density at radius 1 is 1.14 bits per heavy atom. The molecule has 2 aromatic rings. The average Bonchev–Trinajstić information content (AvgIpc) is 3.18. The van der Waals surface area contributed by atoms with Crippen LogP contribution >= 0.6 is 0 Å². The number of aromatic nitrogens is 1. The van der Waals surface area contributed by atoms with Crippen molar-refractivity contribution in [1.82, 2.24) is 9.88 Å². The summed E-state index contributed by atoms with van der Waals surface area (Å²) in [5.74, 6) is -0.875. The third-order valence-electron chi connectivity index (χ3n) is 6.37. The van der Waals surface area contributed by atoms with Gasteiger partial charge in [-0.15, -0.1) is 0 Å². The lowest BCUT2D eigenvalue weighted by atomic mass is 9.89. The summed E-state index contributed by atoms with van der Waals surface area (Å²) in [5, 5.41) is 8.05. The average molecular weight is 508 g/mol. The van der Waals surface area contributed by atoms with Gasteiger partial charge < -0.3 is 20.3 Å². The number of fused-ring (bicyclic) bond motifs is 1. The van der Waals surface area contributed by atoms with Crippen molar-refractivity contribution in [2.45, 2.75) is 65.5 Å². The normalized spacial score (nSPS) is 19.1. The van der Waals surface area contributed by atoms with Crippen molar-refractivity contribution in [2.75, 3.05) is 22.5 Å². The fourth-order valence-electron chi connectivity index (χ4n) is 4.67. The third-order valence-corrected chi connectivity index (χ3v) is 6.37. The number of pyridine rings is 1. The van der Waals surface area contributed by atoms with Crippen molar-refractivity contribution in [3.8, 4) is 0 Å². The first-order valence-electron chi connectivity index (χ1n) is 12.4. The number of hydrogen-bond donors (Lipinski definition) is 3. The van der Waals surface area contributed by atoms with Crippen molar-refractivity contribution in [3.05, 3.63) is 47.2 Å². The topological polar surface area (TPSA) is 130 Å². The van der Waals surface area contributed by atoms with Crippen LogP contribution in [0.3, 0.4) is 0 Å². The second kappa shape index (κ2) is 10.2. The van der Waals surface area contributed by atoms with Gasteiger partial charge in [0.05, 0.1) is 24.3 Å². The lowest BCUT2D eigenvalue weighted by Crippen LogP contribution is -2.46. The van der Waals surface area contributed by atoms with Gasteiger partial charge >= 0.3 is 17.9 Å². The van der Waals surface area contributed by atoms with E-state index >= 15 is 0 Å². The van der Waals surface area contributed by atoms with Gasteiger partial charge in [0.15, 0.2) is 0 Å². The number of hydrogen-bond acceptors (Lipinski definition) is 6. The van der Waals surface area contributed by atoms with Crippen LogP contribution in [0, 0.1) is 12.8 Å². The minimum Gasteiger partial charge on any atom is -0.444 e. The van der Waals surface area contributed by atoms with Crippen LogP contribution in [0.1, 0.15) is 63.3 Å². The first-order chi connectivity index (χ1) is 17.4. The second-order valence-corrected chi connectivity index (χ2v) is 10.8. The van der Waals surface area contributed by atoms with E-state index in [9.17, 15) is 19.2 Å². The van der Waals surface area contributed by atoms with Gasteiger partial charge in [-0.05, 0) is 75.3 Å². The fraction of sp³-hybridized carbons (Fsp3) is 0.444. The first-order valence-corrected chi connectivity index (χ1v) is 12.4. The van der Waals surface area contributed by atoms with E-state index in [-0.39, 0.29) is 17.9 Å². The fourth-order valence-corrected chi connectivity index (χ4v) is 4.67. The predicted molar refractivity (Wildman–Crippen MR) is 139 cm³/mol. The Morgan fingerprint density at radius 3 is 2.59 bits per heavy atom. The number of nitrogens with one attached hydrogen (secondary N) is 3. The minimum atomic E-state index is -0.758. The van der Waals surface area contributed by atoms with Crippen LogP contribution < -0.4 is 16.0 Å². The van der Waals surface area contributed by atoms with Crippen molar-refractivity contribution < 1.29 is 23.9 Å². The van der Waals surface area contributed by atoms with Crippen LogP contribution in [-0.4, -0.2) is 45.8 Å². The smallest absolute Gasteiger partial charge is 0.413 e. The van der Waals surface area contributed by atoms with Crippen molar-refractivity contribution in [2.24, 2.45) is 5.92 Å². The molecular weight excluding hydrogens is 474 g/mol. The van der Waals surface area contributed by atoms with Crippen LogP contribution in [-0.2, 0) is 25.5 Å². The molecule has 2 atom stereocenters. The van der Waals surface area contributed by atoms with Crippen molar-refractivity contribution >= 4 is 41.0 Å². The Hall–Kier alpha value is -3.95. The zero-order valence-corrected chi connectivity index (χ0v) is 21.8. The molecule has 0 unspecified atom stereocenters. The van der Waals surface area contributed by atoms with Gasteiger partial charge in [-0.25, -0.2) is 9.78 Å². The number of amides is 4. The van der Waals surface area contributed by atoms with E-state index in [4.69, 9.17) is 4.74 Å². The Labute approximate surface area is 216 Å². The molecule has 1 saturated heterocycles. The number of aryl methyl sites for hydroxylation is 1. The summed E-state index contributed by atoms with van der Waals surface area (Å²) in [6.07, 6.45) is 2.72. The second-order valence-electron chi connectivity index (χ2n) is 10.8. The summed E-state index contributed by atoms with van der Waals surface area (Å²) in [6.45, 7) is 9.54. The molecule has 10 heteroatoms. The summed E-state index contributed by atoms with van der Waals surface area (Å²) >= 11 is 0. The Morgan fingerprint density at radius 2 is 1.89 bits per heavy atom. The lowest BCUT2D eigenvalue weighted by molar-refractivity contribution is -0.146. The van der Waals surface area contributed by atoms with Gasteiger partial charge in [-0.2, -0.15) is 0 Å². The van der Waals surface area contributed by atoms with Crippen molar-refractivity contribution in [1.29, 1.82) is 0 Å². The highest BCUT2D eigenvalue weighted by Gasteiger charge is 2.35. The quantitative estimate of drug-likeness (QED) is 0.535. The van der Waals surface area contributed by atoms with Gasteiger partial charge in [0, 0.05) is 12.2 Å². The largest absolute Gasteiger partial charge is 0.444 e. The van der Waals surface area contributed by atoms with Crippen LogP contribution in [0.4, 0.5) is 22.0 Å². The number of benzene rings is 1. The number of carbonyl (C=O) groups excluding carboxylic acids is 4. The van der Waals surface area contributed by atoms with Gasteiger partial charge in [-0.1, -0.05) is 19.1 Å². The summed E-state index contributed by atoms with van der Waals surface area (Å²) in [7, 11) is 0. The zero-order chi connectivity index (χ0) is 26.9. The maximum Gasteiger partial charge on any atom is 0.413 e. The third kappa shape index (κ3) is 6.25. The van der Waals surface area contributed by atoms with E-state index in [1.54, 1.807) is 38.7 Å². The first kappa shape index (κ1) is 26.1. The predicted octanol–water partition coefficient (Wildman–Crippen LogP) is 4.17. The molecule has 4 amide bonds. The molecule has 2 aliphatic rings. The number of likely N-dealkylation sites (tertiary alicyclic amines) is 1. The number of nitrogens with zero attached hydrogens (tertiary/aromatic N) is 2. The summed E-state index contributed by atoms with van der Waals surface area (Å²) < 4.78 is 5.24. The molecule has 0 bridgehead atoms. The molecule has 1 aromatic heterocycles. The van der Waals surface area contributed by atoms with Crippen LogP contribution in [0.15, 0.2) is 30.5 Å². The molecule has 2 aliphatic heterocycles. The maximum atomic E-state index is 13.3. The van der Waals surface area contributed by atoms with Gasteiger partial charge in [0.2, 0.25) is 5.91 Å². The molecule has 0 spiro atoms. The Balaban J connectivity index is 1.46. The number of anilines is 3. The Bertz CT molecular complexity index is 1250. The minimum absolute atomic E-state index is 0.0482. The van der Waals surface area contributed by atoms with E-state index in [1.807, 2.05) is 18.2 Å². The van der Waals surface area contributed by atoms with E-state index in [2.05, 4.69) is 27.9 Å². The van der Waals surface area contributed by atoms with Gasteiger partial charge in [0.25, 0.3) is 0 Å². The maximum absolute atomic E-state index is 13.3. The molecule has 1 fully saturated rings. The molecule has 3 heterocycles.